The summed E-state index contributed by atoms with van der Waals surface area (Å²) in [5.74, 6) is 0. The van der Waals surface area contributed by atoms with Crippen LogP contribution >= 0.6 is 0 Å². The summed E-state index contributed by atoms with van der Waals surface area (Å²) in [6, 6.07) is 30.9. The normalized spacial score (nSPS) is 17.3. The highest BCUT2D eigenvalue weighted by atomic mass is 14.5. The maximum Gasteiger partial charge on any atom is 0.0710 e. The van der Waals surface area contributed by atoms with Crippen LogP contribution in [0.4, 0.5) is 0 Å². The van der Waals surface area contributed by atoms with Crippen LogP contribution in [0.3, 0.4) is 0 Å². The molecule has 0 aromatic heterocycles. The highest BCUT2D eigenvalue weighted by molar-refractivity contribution is 5.94. The van der Waals surface area contributed by atoms with Crippen molar-refractivity contribution in [1.82, 2.24) is 0 Å². The predicted octanol–water partition coefficient (Wildman–Crippen LogP) is 6.14. The molecule has 0 nitrogen and oxygen atoms in total. The third-order valence-corrected chi connectivity index (χ3v) is 5.59. The largest absolute Gasteiger partial charge is 0.0788 e. The lowest BCUT2D eigenvalue weighted by atomic mass is 9.67. The van der Waals surface area contributed by atoms with Gasteiger partial charge in [0.1, 0.15) is 0 Å². The molecule has 0 saturated carbocycles. The maximum absolute atomic E-state index is 2.47. The second-order valence-corrected chi connectivity index (χ2v) is 6.84. The lowest BCUT2D eigenvalue weighted by Crippen LogP contribution is -2.28. The minimum atomic E-state index is -0.203. The third kappa shape index (κ3) is 1.94. The van der Waals surface area contributed by atoms with Gasteiger partial charge in [0.15, 0.2) is 0 Å². The van der Waals surface area contributed by atoms with Gasteiger partial charge in [-0.2, -0.15) is 0 Å². The van der Waals surface area contributed by atoms with Crippen LogP contribution in [-0.4, -0.2) is 0 Å². The van der Waals surface area contributed by atoms with E-state index in [1.54, 1.807) is 0 Å². The van der Waals surface area contributed by atoms with Crippen molar-refractivity contribution in [3.8, 4) is 0 Å². The van der Waals surface area contributed by atoms with Crippen molar-refractivity contribution in [2.45, 2.75) is 18.3 Å². The van der Waals surface area contributed by atoms with Crippen LogP contribution in [-0.2, 0) is 5.41 Å². The molecule has 2 aliphatic carbocycles. The van der Waals surface area contributed by atoms with E-state index in [1.807, 2.05) is 0 Å². The summed E-state index contributed by atoms with van der Waals surface area (Å²) in [4.78, 5) is 0. The Hall–Kier alpha value is -2.86. The molecule has 0 bridgehead atoms. The Bertz CT molecular complexity index is 935. The molecule has 3 aromatic carbocycles. The highest BCUT2D eigenvalue weighted by Crippen LogP contribution is 2.58. The topological polar surface area (TPSA) is 0 Å². The first kappa shape index (κ1) is 14.5. The smallest absolute Gasteiger partial charge is 0.0710 e. The number of benzene rings is 3. The SMILES string of the molecule is C1=C2C(=CCC1)C(c1ccccc1)(c1ccccc1)c1ccccc12. The first-order valence-electron chi connectivity index (χ1n) is 9.04. The van der Waals surface area contributed by atoms with E-state index >= 15 is 0 Å². The molecule has 0 spiro atoms. The van der Waals surface area contributed by atoms with Gasteiger partial charge in [-0.1, -0.05) is 97.1 Å². The van der Waals surface area contributed by atoms with E-state index in [0.29, 0.717) is 0 Å². The fourth-order valence-electron chi connectivity index (χ4n) is 4.64. The van der Waals surface area contributed by atoms with Crippen LogP contribution in [0, 0.1) is 0 Å². The quantitative estimate of drug-likeness (QED) is 0.532. The van der Waals surface area contributed by atoms with Crippen molar-refractivity contribution in [3.63, 3.8) is 0 Å². The molecule has 0 amide bonds. The first-order chi connectivity index (χ1) is 12.4. The molecule has 2 aliphatic rings. The standard InChI is InChI=1S/C25H20/c1-3-11-19(12-4-1)25(20-13-5-2-6-14-20)23-17-9-7-15-21(23)22-16-8-10-18-24(22)25/h1-7,9,11-18H,8,10H2. The molecule has 120 valence electrons. The molecule has 0 heterocycles. The Labute approximate surface area is 149 Å². The number of allylic oxidation sites excluding steroid dienone is 4. The van der Waals surface area contributed by atoms with E-state index in [0.717, 1.165) is 12.8 Å². The fourth-order valence-corrected chi connectivity index (χ4v) is 4.64. The highest BCUT2D eigenvalue weighted by Gasteiger charge is 2.48. The van der Waals surface area contributed by atoms with Gasteiger partial charge in [0.25, 0.3) is 0 Å². The minimum absolute atomic E-state index is 0.203. The van der Waals surface area contributed by atoms with Crippen LogP contribution in [0.2, 0.25) is 0 Å². The number of rotatable bonds is 2. The molecular formula is C25H20. The van der Waals surface area contributed by atoms with Crippen molar-refractivity contribution in [3.05, 3.63) is 125 Å². The molecular weight excluding hydrogens is 300 g/mol. The summed E-state index contributed by atoms with van der Waals surface area (Å²) in [5.41, 5.74) is 8.18. The second kappa shape index (κ2) is 5.60. The summed E-state index contributed by atoms with van der Waals surface area (Å²) >= 11 is 0. The van der Waals surface area contributed by atoms with Gasteiger partial charge in [0.05, 0.1) is 5.41 Å². The van der Waals surface area contributed by atoms with Crippen molar-refractivity contribution in [2.24, 2.45) is 0 Å². The van der Waals surface area contributed by atoms with Gasteiger partial charge >= 0.3 is 0 Å². The van der Waals surface area contributed by atoms with Crippen molar-refractivity contribution >= 4 is 5.57 Å². The average molecular weight is 320 g/mol. The van der Waals surface area contributed by atoms with Gasteiger partial charge in [-0.3, -0.25) is 0 Å². The zero-order chi connectivity index (χ0) is 16.7. The third-order valence-electron chi connectivity index (χ3n) is 5.59. The van der Waals surface area contributed by atoms with Crippen LogP contribution in [0.15, 0.2) is 103 Å². The molecule has 0 N–H and O–H groups in total. The Kier molecular flexibility index (Phi) is 3.24. The average Bonchev–Trinajstić information content (AvgIpc) is 3.01. The van der Waals surface area contributed by atoms with Gasteiger partial charge in [0.2, 0.25) is 0 Å². The number of fused-ring (bicyclic) bond motifs is 3. The Morgan fingerprint density at radius 3 is 1.80 bits per heavy atom. The van der Waals surface area contributed by atoms with Gasteiger partial charge in [-0.25, -0.2) is 0 Å². The monoisotopic (exact) mass is 320 g/mol. The molecule has 0 radical (unpaired) electrons. The number of hydrogen-bond acceptors (Lipinski definition) is 0. The molecule has 0 aliphatic heterocycles. The minimum Gasteiger partial charge on any atom is -0.0788 e. The molecule has 0 heteroatoms. The summed E-state index contributed by atoms with van der Waals surface area (Å²) in [5, 5.41) is 0. The Balaban J connectivity index is 1.94. The van der Waals surface area contributed by atoms with E-state index in [9.17, 15) is 0 Å². The molecule has 5 rings (SSSR count). The van der Waals surface area contributed by atoms with Crippen LogP contribution in [0.25, 0.3) is 5.57 Å². The van der Waals surface area contributed by atoms with Crippen LogP contribution in [0.5, 0.6) is 0 Å². The Morgan fingerprint density at radius 1 is 0.560 bits per heavy atom. The molecule has 25 heavy (non-hydrogen) atoms. The summed E-state index contributed by atoms with van der Waals surface area (Å²) in [7, 11) is 0. The van der Waals surface area contributed by atoms with Crippen molar-refractivity contribution in [1.29, 1.82) is 0 Å². The van der Waals surface area contributed by atoms with Crippen molar-refractivity contribution < 1.29 is 0 Å². The summed E-state index contributed by atoms with van der Waals surface area (Å²) in [6.45, 7) is 0. The zero-order valence-corrected chi connectivity index (χ0v) is 14.2. The first-order valence-corrected chi connectivity index (χ1v) is 9.04. The maximum atomic E-state index is 2.47. The van der Waals surface area contributed by atoms with Gasteiger partial charge in [0, 0.05) is 0 Å². The van der Waals surface area contributed by atoms with Crippen LogP contribution in [0.1, 0.15) is 35.1 Å². The van der Waals surface area contributed by atoms with Gasteiger partial charge in [-0.05, 0) is 46.2 Å². The fraction of sp³-hybridized carbons (Fsp3) is 0.120. The lowest BCUT2D eigenvalue weighted by Gasteiger charge is -2.34. The molecule has 0 saturated heterocycles. The zero-order valence-electron chi connectivity index (χ0n) is 14.2. The van der Waals surface area contributed by atoms with E-state index < -0.39 is 0 Å². The van der Waals surface area contributed by atoms with E-state index in [4.69, 9.17) is 0 Å². The van der Waals surface area contributed by atoms with Crippen molar-refractivity contribution in [2.75, 3.05) is 0 Å². The molecule has 0 fully saturated rings. The molecule has 3 aromatic rings. The summed E-state index contributed by atoms with van der Waals surface area (Å²) in [6.07, 6.45) is 7.15. The van der Waals surface area contributed by atoms with E-state index in [-0.39, 0.29) is 5.41 Å². The van der Waals surface area contributed by atoms with E-state index in [2.05, 4.69) is 97.1 Å². The summed E-state index contributed by atoms with van der Waals surface area (Å²) < 4.78 is 0. The van der Waals surface area contributed by atoms with Crippen LogP contribution < -0.4 is 0 Å². The van der Waals surface area contributed by atoms with Gasteiger partial charge in [-0.15, -0.1) is 0 Å². The molecule has 0 atom stereocenters. The lowest BCUT2D eigenvalue weighted by molar-refractivity contribution is 0.758. The predicted molar refractivity (Wildman–Crippen MR) is 105 cm³/mol. The molecule has 0 unspecified atom stereocenters. The van der Waals surface area contributed by atoms with Gasteiger partial charge < -0.3 is 0 Å². The Morgan fingerprint density at radius 2 is 1.12 bits per heavy atom. The van der Waals surface area contributed by atoms with E-state index in [1.165, 1.54) is 33.4 Å². The second-order valence-electron chi connectivity index (χ2n) is 6.84. The number of hydrogen-bond donors (Lipinski definition) is 0.